The van der Waals surface area contributed by atoms with E-state index in [2.05, 4.69) is 15.3 Å². The lowest BCUT2D eigenvalue weighted by atomic mass is 9.49. The number of nitrogens with one attached hydrogen (secondary N) is 1. The SMILES string of the molecule is O=C(c1c(Cl)cccc1Cl)N1CCc2c(ncnc2NCC23CC4CC(CC(C4)C2)C3)C1. The molecule has 0 spiro atoms. The summed E-state index contributed by atoms with van der Waals surface area (Å²) in [5, 5.41) is 4.49. The zero-order chi connectivity index (χ0) is 21.9. The first-order valence-electron chi connectivity index (χ1n) is 11.8. The number of aromatic nitrogens is 2. The van der Waals surface area contributed by atoms with Crippen molar-refractivity contribution in [2.24, 2.45) is 23.2 Å². The minimum Gasteiger partial charge on any atom is -0.369 e. The molecule has 2 heterocycles. The zero-order valence-corrected chi connectivity index (χ0v) is 19.6. The Hall–Kier alpha value is -1.85. The lowest BCUT2D eigenvalue weighted by molar-refractivity contribution is -0.0444. The number of carbonyl (C=O) groups excluding carboxylic acids is 1. The van der Waals surface area contributed by atoms with Crippen molar-refractivity contribution < 1.29 is 4.79 Å². The fourth-order valence-corrected chi connectivity index (χ4v) is 7.88. The summed E-state index contributed by atoms with van der Waals surface area (Å²) in [6, 6.07) is 5.16. The van der Waals surface area contributed by atoms with E-state index in [0.29, 0.717) is 34.1 Å². The van der Waals surface area contributed by atoms with Crippen molar-refractivity contribution in [3.8, 4) is 0 Å². The summed E-state index contributed by atoms with van der Waals surface area (Å²) in [6.45, 7) is 2.06. The summed E-state index contributed by atoms with van der Waals surface area (Å²) in [7, 11) is 0. The molecule has 2 aromatic rings. The van der Waals surface area contributed by atoms with Crippen LogP contribution in [0.1, 0.15) is 60.1 Å². The fourth-order valence-electron chi connectivity index (χ4n) is 7.32. The van der Waals surface area contributed by atoms with Gasteiger partial charge in [-0.25, -0.2) is 9.97 Å². The lowest BCUT2D eigenvalue weighted by Gasteiger charge is -2.57. The Balaban J connectivity index is 1.18. The first-order chi connectivity index (χ1) is 15.5. The number of benzene rings is 1. The summed E-state index contributed by atoms with van der Waals surface area (Å²) in [5.74, 6) is 3.64. The molecule has 0 atom stereocenters. The summed E-state index contributed by atoms with van der Waals surface area (Å²) in [6.07, 6.45) is 10.9. The second-order valence-corrected chi connectivity index (χ2v) is 11.3. The van der Waals surface area contributed by atoms with Crippen LogP contribution in [0.4, 0.5) is 5.82 Å². The fraction of sp³-hybridized carbons (Fsp3) is 0.560. The highest BCUT2D eigenvalue weighted by molar-refractivity contribution is 6.39. The van der Waals surface area contributed by atoms with Crippen molar-refractivity contribution >= 4 is 34.9 Å². The second-order valence-electron chi connectivity index (χ2n) is 10.5. The monoisotopic (exact) mass is 470 g/mol. The quantitative estimate of drug-likeness (QED) is 0.630. The van der Waals surface area contributed by atoms with E-state index < -0.39 is 0 Å². The number of hydrogen-bond acceptors (Lipinski definition) is 4. The predicted molar refractivity (Wildman–Crippen MR) is 126 cm³/mol. The van der Waals surface area contributed by atoms with E-state index in [4.69, 9.17) is 23.2 Å². The number of anilines is 1. The van der Waals surface area contributed by atoms with Gasteiger partial charge in [0.1, 0.15) is 12.1 Å². The number of rotatable bonds is 4. The number of fused-ring (bicyclic) bond motifs is 1. The molecule has 4 bridgehead atoms. The van der Waals surface area contributed by atoms with E-state index in [-0.39, 0.29) is 5.91 Å². The van der Waals surface area contributed by atoms with Crippen LogP contribution in [0.5, 0.6) is 0 Å². The second kappa shape index (κ2) is 7.88. The number of hydrogen-bond donors (Lipinski definition) is 1. The van der Waals surface area contributed by atoms with Crippen molar-refractivity contribution in [1.82, 2.24) is 14.9 Å². The molecule has 4 aliphatic carbocycles. The van der Waals surface area contributed by atoms with Crippen molar-refractivity contribution in [1.29, 1.82) is 0 Å². The Kier molecular flexibility index (Phi) is 5.10. The van der Waals surface area contributed by atoms with Crippen LogP contribution in [0.2, 0.25) is 10.0 Å². The van der Waals surface area contributed by atoms with E-state index in [9.17, 15) is 4.79 Å². The van der Waals surface area contributed by atoms with Gasteiger partial charge in [-0.3, -0.25) is 4.79 Å². The molecule has 4 saturated carbocycles. The Morgan fingerprint density at radius 3 is 2.38 bits per heavy atom. The Morgan fingerprint density at radius 2 is 1.72 bits per heavy atom. The molecule has 32 heavy (non-hydrogen) atoms. The lowest BCUT2D eigenvalue weighted by Crippen LogP contribution is -2.49. The van der Waals surface area contributed by atoms with E-state index in [0.717, 1.165) is 47.8 Å². The Morgan fingerprint density at radius 1 is 1.06 bits per heavy atom. The van der Waals surface area contributed by atoms with E-state index in [1.807, 2.05) is 0 Å². The molecule has 1 amide bonds. The van der Waals surface area contributed by atoms with Gasteiger partial charge in [-0.1, -0.05) is 29.3 Å². The standard InChI is InChI=1S/C25H28Cl2N4O/c26-19-2-1-3-20(27)22(19)24(32)31-5-4-18-21(12-31)29-14-30-23(18)28-13-25-9-15-6-16(10-25)8-17(7-15)11-25/h1-3,14-17H,4-13H2,(H,28,29,30). The average molecular weight is 471 g/mol. The summed E-state index contributed by atoms with van der Waals surface area (Å²) >= 11 is 12.5. The van der Waals surface area contributed by atoms with Gasteiger partial charge < -0.3 is 10.2 Å². The number of amides is 1. The molecule has 0 radical (unpaired) electrons. The molecule has 1 aromatic heterocycles. The van der Waals surface area contributed by atoms with Crippen LogP contribution in [-0.4, -0.2) is 33.9 Å². The van der Waals surface area contributed by atoms with E-state index in [1.165, 1.54) is 38.5 Å². The largest absolute Gasteiger partial charge is 0.369 e. The molecule has 1 N–H and O–H groups in total. The summed E-state index contributed by atoms with van der Waals surface area (Å²) < 4.78 is 0. The van der Waals surface area contributed by atoms with Gasteiger partial charge in [0, 0.05) is 18.7 Å². The van der Waals surface area contributed by atoms with E-state index >= 15 is 0 Å². The zero-order valence-electron chi connectivity index (χ0n) is 18.1. The molecule has 0 unspecified atom stereocenters. The molecule has 0 saturated heterocycles. The van der Waals surface area contributed by atoms with Crippen LogP contribution in [0.3, 0.4) is 0 Å². The molecular weight excluding hydrogens is 443 g/mol. The maximum absolute atomic E-state index is 13.1. The summed E-state index contributed by atoms with van der Waals surface area (Å²) in [5.41, 5.74) is 2.88. The van der Waals surface area contributed by atoms with Gasteiger partial charge in [0.2, 0.25) is 0 Å². The number of carbonyl (C=O) groups is 1. The van der Waals surface area contributed by atoms with Crippen molar-refractivity contribution in [2.45, 2.75) is 51.5 Å². The smallest absolute Gasteiger partial charge is 0.257 e. The van der Waals surface area contributed by atoms with Gasteiger partial charge in [0.25, 0.3) is 5.91 Å². The Labute approximate surface area is 198 Å². The van der Waals surface area contributed by atoms with Crippen LogP contribution in [0.15, 0.2) is 24.5 Å². The van der Waals surface area contributed by atoms with E-state index in [1.54, 1.807) is 29.4 Å². The summed E-state index contributed by atoms with van der Waals surface area (Å²) in [4.78, 5) is 24.0. The minimum absolute atomic E-state index is 0.145. The highest BCUT2D eigenvalue weighted by Crippen LogP contribution is 2.59. The minimum atomic E-state index is -0.145. The molecule has 5 aliphatic rings. The highest BCUT2D eigenvalue weighted by atomic mass is 35.5. The molecule has 4 fully saturated rings. The van der Waals surface area contributed by atoms with Crippen LogP contribution in [-0.2, 0) is 13.0 Å². The topological polar surface area (TPSA) is 58.1 Å². The predicted octanol–water partition coefficient (Wildman–Crippen LogP) is 5.61. The van der Waals surface area contributed by atoms with Crippen molar-refractivity contribution in [2.75, 3.05) is 18.4 Å². The maximum Gasteiger partial charge on any atom is 0.257 e. The molecule has 1 aliphatic heterocycles. The number of nitrogens with zero attached hydrogens (tertiary/aromatic N) is 3. The average Bonchev–Trinajstić information content (AvgIpc) is 2.76. The number of halogens is 2. The highest BCUT2D eigenvalue weighted by Gasteiger charge is 2.50. The van der Waals surface area contributed by atoms with Crippen molar-refractivity contribution in [3.05, 3.63) is 51.4 Å². The first-order valence-corrected chi connectivity index (χ1v) is 12.6. The molecule has 1 aromatic carbocycles. The van der Waals surface area contributed by atoms with Crippen LogP contribution < -0.4 is 5.32 Å². The maximum atomic E-state index is 13.1. The molecule has 7 heteroatoms. The molecule has 7 rings (SSSR count). The van der Waals surface area contributed by atoms with Gasteiger partial charge in [-0.15, -0.1) is 0 Å². The Bertz CT molecular complexity index is 1020. The third-order valence-electron chi connectivity index (χ3n) is 8.27. The molecule has 5 nitrogen and oxygen atoms in total. The van der Waals surface area contributed by atoms with Gasteiger partial charge in [0.05, 0.1) is 27.8 Å². The van der Waals surface area contributed by atoms with Gasteiger partial charge >= 0.3 is 0 Å². The van der Waals surface area contributed by atoms with Gasteiger partial charge in [0.15, 0.2) is 0 Å². The first kappa shape index (κ1) is 20.7. The molecule has 168 valence electrons. The van der Waals surface area contributed by atoms with Crippen LogP contribution in [0.25, 0.3) is 0 Å². The van der Waals surface area contributed by atoms with Gasteiger partial charge in [-0.05, 0) is 80.2 Å². The van der Waals surface area contributed by atoms with Crippen molar-refractivity contribution in [3.63, 3.8) is 0 Å². The third-order valence-corrected chi connectivity index (χ3v) is 8.90. The molecular formula is C25H28Cl2N4O. The third kappa shape index (κ3) is 3.58. The van der Waals surface area contributed by atoms with Gasteiger partial charge in [-0.2, -0.15) is 0 Å². The van der Waals surface area contributed by atoms with Crippen LogP contribution in [0, 0.1) is 23.2 Å². The van der Waals surface area contributed by atoms with Crippen LogP contribution >= 0.6 is 23.2 Å². The normalized spacial score (nSPS) is 30.3.